The van der Waals surface area contributed by atoms with Gasteiger partial charge in [-0.05, 0) is 18.6 Å². The van der Waals surface area contributed by atoms with Gasteiger partial charge in [-0.3, -0.25) is 0 Å². The van der Waals surface area contributed by atoms with Crippen molar-refractivity contribution in [2.24, 2.45) is 0 Å². The summed E-state index contributed by atoms with van der Waals surface area (Å²) in [7, 11) is 0. The van der Waals surface area contributed by atoms with Crippen molar-refractivity contribution >= 4 is 12.2 Å². The number of benzene rings is 1. The van der Waals surface area contributed by atoms with Crippen LogP contribution in [0, 0.1) is 0 Å². The van der Waals surface area contributed by atoms with E-state index in [1.807, 2.05) is 13.0 Å². The van der Waals surface area contributed by atoms with Crippen molar-refractivity contribution in [1.29, 1.82) is 0 Å². The Morgan fingerprint density at radius 3 is 2.80 bits per heavy atom. The van der Waals surface area contributed by atoms with Crippen LogP contribution >= 0.6 is 0 Å². The summed E-state index contributed by atoms with van der Waals surface area (Å²) in [5, 5.41) is 17.3. The molecular formula is C14H15N3O3. The molecule has 0 bridgehead atoms. The molecule has 0 saturated carbocycles. The van der Waals surface area contributed by atoms with Crippen molar-refractivity contribution in [3.63, 3.8) is 0 Å². The van der Waals surface area contributed by atoms with Gasteiger partial charge in [0.25, 0.3) is 0 Å². The van der Waals surface area contributed by atoms with E-state index >= 15 is 0 Å². The molecule has 0 aliphatic heterocycles. The van der Waals surface area contributed by atoms with E-state index in [9.17, 15) is 4.79 Å². The van der Waals surface area contributed by atoms with E-state index in [1.165, 1.54) is 11.0 Å². The molecule has 20 heavy (non-hydrogen) atoms. The summed E-state index contributed by atoms with van der Waals surface area (Å²) in [6.45, 7) is 2.04. The highest BCUT2D eigenvalue weighted by atomic mass is 16.5. The van der Waals surface area contributed by atoms with Crippen LogP contribution in [-0.2, 0) is 11.2 Å². The number of aryl methyl sites for hydroxylation is 1. The highest BCUT2D eigenvalue weighted by Crippen LogP contribution is 2.13. The van der Waals surface area contributed by atoms with Crippen LogP contribution in [0.25, 0.3) is 6.20 Å². The molecule has 6 nitrogen and oxygen atoms in total. The van der Waals surface area contributed by atoms with Gasteiger partial charge >= 0.3 is 5.97 Å². The molecule has 104 valence electrons. The summed E-state index contributed by atoms with van der Waals surface area (Å²) in [5.41, 5.74) is 0.813. The maximum absolute atomic E-state index is 11.2. The number of nitrogens with zero attached hydrogens (tertiary/aromatic N) is 3. The lowest BCUT2D eigenvalue weighted by atomic mass is 10.3. The Morgan fingerprint density at radius 2 is 2.15 bits per heavy atom. The van der Waals surface area contributed by atoms with E-state index in [1.54, 1.807) is 30.5 Å². The Kier molecular flexibility index (Phi) is 4.49. The molecule has 0 saturated heterocycles. The van der Waals surface area contributed by atoms with Crippen molar-refractivity contribution in [2.45, 2.75) is 19.8 Å². The van der Waals surface area contributed by atoms with Crippen molar-refractivity contribution in [1.82, 2.24) is 15.0 Å². The number of ether oxygens (including phenoxy) is 1. The monoisotopic (exact) mass is 273 g/mol. The number of hydrogen-bond acceptors (Lipinski definition) is 4. The van der Waals surface area contributed by atoms with Crippen LogP contribution in [-0.4, -0.2) is 26.1 Å². The van der Waals surface area contributed by atoms with Gasteiger partial charge in [0.1, 0.15) is 5.75 Å². The summed E-state index contributed by atoms with van der Waals surface area (Å²) in [6.07, 6.45) is 4.61. The second-order valence-corrected chi connectivity index (χ2v) is 4.12. The van der Waals surface area contributed by atoms with E-state index in [0.29, 0.717) is 5.75 Å². The molecule has 6 heteroatoms. The van der Waals surface area contributed by atoms with Crippen LogP contribution in [0.15, 0.2) is 42.3 Å². The van der Waals surface area contributed by atoms with Gasteiger partial charge in [-0.15, -0.1) is 0 Å². The molecular weight excluding hydrogens is 258 g/mol. The van der Waals surface area contributed by atoms with Gasteiger partial charge in [-0.25, -0.2) is 4.79 Å². The molecule has 0 radical (unpaired) electrons. The number of hydrogen-bond donors (Lipinski definition) is 1. The Bertz CT molecular complexity index is 605. The summed E-state index contributed by atoms with van der Waals surface area (Å²) < 4.78 is 5.31. The first-order chi connectivity index (χ1) is 9.69. The zero-order valence-electron chi connectivity index (χ0n) is 11.1. The van der Waals surface area contributed by atoms with Crippen LogP contribution in [0.1, 0.15) is 19.0 Å². The quantitative estimate of drug-likeness (QED) is 0.645. The van der Waals surface area contributed by atoms with Gasteiger partial charge in [0.2, 0.25) is 5.76 Å². The molecule has 1 aromatic heterocycles. The average Bonchev–Trinajstić information content (AvgIpc) is 2.87. The molecule has 0 fully saturated rings. The minimum Gasteiger partial charge on any atom is -0.475 e. The Labute approximate surface area is 116 Å². The minimum atomic E-state index is -1.18. The van der Waals surface area contributed by atoms with Crippen molar-refractivity contribution in [2.75, 3.05) is 0 Å². The third-order valence-electron chi connectivity index (χ3n) is 2.48. The van der Waals surface area contributed by atoms with Crippen LogP contribution in [0.2, 0.25) is 0 Å². The third kappa shape index (κ3) is 3.68. The number of rotatable bonds is 6. The molecule has 2 aromatic rings. The van der Waals surface area contributed by atoms with Crippen LogP contribution in [0.3, 0.4) is 0 Å². The molecule has 0 spiro atoms. The first kappa shape index (κ1) is 13.8. The van der Waals surface area contributed by atoms with Gasteiger partial charge < -0.3 is 9.84 Å². The summed E-state index contributed by atoms with van der Waals surface area (Å²) in [5.74, 6) is -0.972. The van der Waals surface area contributed by atoms with Gasteiger partial charge in [0.05, 0.1) is 18.1 Å². The highest BCUT2D eigenvalue weighted by molar-refractivity contribution is 5.88. The first-order valence-electron chi connectivity index (χ1n) is 6.27. The Balaban J connectivity index is 2.19. The predicted molar refractivity (Wildman–Crippen MR) is 73.0 cm³/mol. The van der Waals surface area contributed by atoms with E-state index < -0.39 is 5.97 Å². The summed E-state index contributed by atoms with van der Waals surface area (Å²) in [4.78, 5) is 12.4. The summed E-state index contributed by atoms with van der Waals surface area (Å²) >= 11 is 0. The maximum atomic E-state index is 11.2. The normalized spacial score (nSPS) is 11.3. The third-order valence-corrected chi connectivity index (χ3v) is 2.48. The molecule has 2 rings (SSSR count). The van der Waals surface area contributed by atoms with E-state index in [-0.39, 0.29) is 5.76 Å². The largest absolute Gasteiger partial charge is 0.475 e. The van der Waals surface area contributed by atoms with Crippen molar-refractivity contribution < 1.29 is 14.6 Å². The van der Waals surface area contributed by atoms with E-state index in [2.05, 4.69) is 10.2 Å². The topological polar surface area (TPSA) is 77.2 Å². The molecule has 1 aromatic carbocycles. The number of carbonyl (C=O) groups is 1. The van der Waals surface area contributed by atoms with Gasteiger partial charge in [-0.2, -0.15) is 15.0 Å². The number of carboxylic acid groups (broad SMARTS) is 1. The van der Waals surface area contributed by atoms with Gasteiger partial charge in [0.15, 0.2) is 0 Å². The van der Waals surface area contributed by atoms with Gasteiger partial charge in [-0.1, -0.05) is 31.5 Å². The summed E-state index contributed by atoms with van der Waals surface area (Å²) in [6, 6.07) is 8.70. The molecule has 1 heterocycles. The standard InChI is InChI=1S/C14H15N3O3/c1-2-6-11-9-15-17(16-11)10-13(14(18)19)20-12-7-4-3-5-8-12/h3-5,7-10H,2,6H2,1H3,(H,18,19). The lowest BCUT2D eigenvalue weighted by Gasteiger charge is -2.05. The Hall–Kier alpha value is -2.63. The second kappa shape index (κ2) is 6.51. The van der Waals surface area contributed by atoms with E-state index in [4.69, 9.17) is 9.84 Å². The number of carboxylic acids is 1. The van der Waals surface area contributed by atoms with Crippen molar-refractivity contribution in [3.05, 3.63) is 48.0 Å². The minimum absolute atomic E-state index is 0.241. The maximum Gasteiger partial charge on any atom is 0.373 e. The number of aromatic nitrogens is 3. The molecule has 0 amide bonds. The van der Waals surface area contributed by atoms with Gasteiger partial charge in [0, 0.05) is 0 Å². The first-order valence-corrected chi connectivity index (χ1v) is 6.27. The fourth-order valence-electron chi connectivity index (χ4n) is 1.59. The second-order valence-electron chi connectivity index (χ2n) is 4.12. The zero-order valence-corrected chi connectivity index (χ0v) is 11.1. The van der Waals surface area contributed by atoms with Crippen LogP contribution < -0.4 is 4.74 Å². The number of aliphatic carboxylic acids is 1. The highest BCUT2D eigenvalue weighted by Gasteiger charge is 2.11. The molecule has 0 atom stereocenters. The SMILES string of the molecule is CCCc1cnn(C=C(Oc2ccccc2)C(=O)O)n1. The lowest BCUT2D eigenvalue weighted by Crippen LogP contribution is -2.10. The van der Waals surface area contributed by atoms with Crippen LogP contribution in [0.4, 0.5) is 0 Å². The Morgan fingerprint density at radius 1 is 1.40 bits per heavy atom. The predicted octanol–water partition coefficient (Wildman–Crippen LogP) is 2.19. The molecule has 0 unspecified atom stereocenters. The van der Waals surface area contributed by atoms with Crippen LogP contribution in [0.5, 0.6) is 5.75 Å². The molecule has 1 N–H and O–H groups in total. The zero-order chi connectivity index (χ0) is 14.4. The van der Waals surface area contributed by atoms with E-state index in [0.717, 1.165) is 18.5 Å². The molecule has 0 aliphatic carbocycles. The number of para-hydroxylation sites is 1. The average molecular weight is 273 g/mol. The molecule has 0 aliphatic rings. The fourth-order valence-corrected chi connectivity index (χ4v) is 1.59. The smallest absolute Gasteiger partial charge is 0.373 e. The fraction of sp³-hybridized carbons (Fsp3) is 0.214. The van der Waals surface area contributed by atoms with Crippen molar-refractivity contribution in [3.8, 4) is 5.75 Å². The lowest BCUT2D eigenvalue weighted by molar-refractivity contribution is -0.134.